The number of aliphatic hydroxyl groups excluding tert-OH is 6. The third kappa shape index (κ3) is 17.0. The summed E-state index contributed by atoms with van der Waals surface area (Å²) in [4.78, 5) is 113. The number of ether oxygens (including phenoxy) is 2. The fourth-order valence-corrected chi connectivity index (χ4v) is 8.48. The van der Waals surface area contributed by atoms with Crippen molar-refractivity contribution in [3.8, 4) is 11.5 Å². The second-order valence-electron chi connectivity index (χ2n) is 18.9. The largest absolute Gasteiger partial charge is 0.504 e. The summed E-state index contributed by atoms with van der Waals surface area (Å²) in [5, 5.41) is 104. The molecule has 74 heavy (non-hydrogen) atoms. The lowest BCUT2D eigenvalue weighted by molar-refractivity contribution is -0.433. The number of phenolic OH excluding ortho intramolecular Hbond substituents is 1. The number of rotatable bonds is 15. The van der Waals surface area contributed by atoms with E-state index in [2.05, 4.69) is 47.9 Å². The van der Waals surface area contributed by atoms with Crippen LogP contribution in [-0.2, 0) is 54.0 Å². The van der Waals surface area contributed by atoms with Crippen LogP contribution < -0.4 is 36.1 Å². The Kier molecular flexibility index (Phi) is 22.4. The summed E-state index contributed by atoms with van der Waals surface area (Å²) in [7, 11) is 0. The van der Waals surface area contributed by atoms with Crippen molar-refractivity contribution < 1.29 is 102 Å². The van der Waals surface area contributed by atoms with Crippen LogP contribution in [-0.4, -0.2) is 210 Å². The summed E-state index contributed by atoms with van der Waals surface area (Å²) >= 11 is 0.0627. The number of carbonyl (C=O) groups excluding carboxylic acids is 8. The number of fused-ring (bicyclic) bond motifs is 2. The summed E-state index contributed by atoms with van der Waals surface area (Å²) in [6, 6.07) is -7.87. The van der Waals surface area contributed by atoms with Gasteiger partial charge < -0.3 is 91.1 Å². The molecule has 13 atom stereocenters. The molecular weight excluding hydrogens is 1010 g/mol. The average molecular weight is 1080 g/mol. The van der Waals surface area contributed by atoms with E-state index in [1.54, 1.807) is 0 Å². The molecule has 29 nitrogen and oxygen atoms in total. The number of benzene rings is 1. The van der Waals surface area contributed by atoms with E-state index in [9.17, 15) is 74.1 Å². The van der Waals surface area contributed by atoms with Crippen LogP contribution in [0.5, 0.6) is 11.5 Å². The van der Waals surface area contributed by atoms with Gasteiger partial charge in [-0.1, -0.05) is 35.0 Å². The number of phenols is 1. The predicted molar refractivity (Wildman–Crippen MR) is 252 cm³/mol. The van der Waals surface area contributed by atoms with Crippen molar-refractivity contribution in [2.24, 2.45) is 5.92 Å². The van der Waals surface area contributed by atoms with Gasteiger partial charge in [0.05, 0.1) is 36.6 Å². The lowest BCUT2D eigenvalue weighted by Crippen LogP contribution is -2.64. The van der Waals surface area contributed by atoms with Crippen molar-refractivity contribution in [3.63, 3.8) is 0 Å². The Balaban J connectivity index is 1.85. The first kappa shape index (κ1) is 60.5. The number of nitrogens with zero attached hydrogens (tertiary/aromatic N) is 2. The van der Waals surface area contributed by atoms with Crippen LogP contribution in [0.1, 0.15) is 59.4 Å². The van der Waals surface area contributed by atoms with Gasteiger partial charge in [-0.2, -0.15) is 0 Å². The van der Waals surface area contributed by atoms with Crippen LogP contribution in [0.4, 0.5) is 9.59 Å². The normalized spacial score (nSPS) is 27.9. The number of hydrogen-bond donors (Lipinski definition) is 14. The molecule has 0 spiro atoms. The molecule has 14 N–H and O–H groups in total. The number of hydrogen-bond acceptors (Lipinski definition) is 22. The number of alkyl carbamates (subject to hydrolysis) is 2. The topological polar surface area (TPSA) is 423 Å². The van der Waals surface area contributed by atoms with E-state index >= 15 is 0 Å². The third-order valence-electron chi connectivity index (χ3n) is 11.8. The van der Waals surface area contributed by atoms with E-state index in [0.717, 1.165) is 28.9 Å². The molecule has 0 aliphatic carbocycles. The maximum Gasteiger partial charge on any atom is 0.408 e. The first-order valence-electron chi connectivity index (χ1n) is 23.3. The molecule has 0 unspecified atom stereocenters. The van der Waals surface area contributed by atoms with Gasteiger partial charge in [0.15, 0.2) is 11.5 Å². The van der Waals surface area contributed by atoms with E-state index in [0.29, 0.717) is 0 Å². The van der Waals surface area contributed by atoms with Crippen molar-refractivity contribution in [3.05, 3.63) is 36.4 Å². The first-order chi connectivity index (χ1) is 34.8. The van der Waals surface area contributed by atoms with Gasteiger partial charge in [0.25, 0.3) is 12.3 Å². The third-order valence-corrected chi connectivity index (χ3v) is 12.2. The molecule has 0 aromatic heterocycles. The van der Waals surface area contributed by atoms with Gasteiger partial charge in [0.2, 0.25) is 35.4 Å². The van der Waals surface area contributed by atoms with Crippen LogP contribution in [0.3, 0.4) is 0 Å². The highest BCUT2D eigenvalue weighted by atomic mass is 32.2. The molecule has 0 radical (unpaired) electrons. The first-order valence-corrected chi connectivity index (χ1v) is 24.0. The molecule has 4 rings (SSSR count). The van der Waals surface area contributed by atoms with E-state index in [1.807, 2.05) is 0 Å². The monoisotopic (exact) mass is 1070 g/mol. The van der Waals surface area contributed by atoms with Crippen LogP contribution in [0.15, 0.2) is 30.9 Å². The molecule has 3 aliphatic rings. The number of β-amino-alcohol motifs (C(OH)–C–C–N with tert-alkyl or cyclic N) is 1. The van der Waals surface area contributed by atoms with Crippen molar-refractivity contribution in [2.45, 2.75) is 139 Å². The van der Waals surface area contributed by atoms with E-state index in [1.165, 1.54) is 39.8 Å². The highest BCUT2D eigenvalue weighted by molar-refractivity contribution is 7.90. The van der Waals surface area contributed by atoms with Crippen molar-refractivity contribution in [1.82, 2.24) is 41.7 Å². The zero-order valence-corrected chi connectivity index (χ0v) is 41.9. The smallest absolute Gasteiger partial charge is 0.408 e. The highest BCUT2D eigenvalue weighted by Gasteiger charge is 2.50. The highest BCUT2D eigenvalue weighted by Crippen LogP contribution is 2.31. The van der Waals surface area contributed by atoms with Crippen molar-refractivity contribution in [2.75, 3.05) is 32.8 Å². The molecule has 30 heteroatoms. The minimum atomic E-state index is -2.16. The summed E-state index contributed by atoms with van der Waals surface area (Å²) in [5.41, 5.74) is -0.993. The fourth-order valence-electron chi connectivity index (χ4n) is 8.22. The lowest BCUT2D eigenvalue weighted by Gasteiger charge is -2.34. The Hall–Kier alpha value is -6.09. The Morgan fingerprint density at radius 3 is 2.19 bits per heavy atom. The fraction of sp³-hybridized carbons (Fsp3) is 0.636. The van der Waals surface area contributed by atoms with Gasteiger partial charge in [0.1, 0.15) is 48.5 Å². The number of amides is 8. The van der Waals surface area contributed by atoms with E-state index < -0.39 is 177 Å². The number of aliphatic hydroxyl groups is 6. The van der Waals surface area contributed by atoms with Gasteiger partial charge >= 0.3 is 12.2 Å². The summed E-state index contributed by atoms with van der Waals surface area (Å²) in [6.07, 6.45) is -13.5. The number of nitrogens with one attached hydrogen (secondary N) is 6. The Morgan fingerprint density at radius 1 is 0.878 bits per heavy atom. The van der Waals surface area contributed by atoms with Crippen LogP contribution in [0.2, 0.25) is 0 Å². The van der Waals surface area contributed by atoms with Crippen LogP contribution in [0, 0.1) is 5.92 Å². The summed E-state index contributed by atoms with van der Waals surface area (Å²) < 4.78 is 19.4. The van der Waals surface area contributed by atoms with E-state index in [-0.39, 0.29) is 43.3 Å². The van der Waals surface area contributed by atoms with Crippen LogP contribution >= 0.6 is 12.3 Å². The summed E-state index contributed by atoms with van der Waals surface area (Å²) in [6.45, 7) is 8.38. The molecule has 3 aliphatic heterocycles. The molecular formula is C44H66N8O21S. The van der Waals surface area contributed by atoms with Gasteiger partial charge in [0, 0.05) is 51.4 Å². The number of carbonyl (C=O) groups is 8. The van der Waals surface area contributed by atoms with Crippen molar-refractivity contribution >= 4 is 60.0 Å². The predicted octanol–water partition coefficient (Wildman–Crippen LogP) is -3.90. The SMILES string of the molecule is C=CCOC(=O)NCC[C@@H](O)[C@@H]1NC(=O)[C@H]([C@H](O)Cc2ccc(O)c(OSOOO)c2)NC(=O)[C@@H]2C[C@@H](O)CN2C(=O)[C@H]([C@@H](C)O)NC(=O)[C@@H](NC(=O)OC(C)(C)C)C[C@@H](O)CNC(=O)[C@@H]2[C@@H](O)[C@@H](C)CN2C1=O. The molecule has 3 saturated heterocycles. The molecule has 8 amide bonds. The Bertz CT molecular complexity index is 2170. The summed E-state index contributed by atoms with van der Waals surface area (Å²) in [5.74, 6) is -8.81. The Morgan fingerprint density at radius 2 is 1.54 bits per heavy atom. The standard InChI is InChI=1S/C44H66N8O21S/c1-7-12-69-42(66)45-11-10-28(57)33-41(65)52-18-20(2)35(59)34(52)39(63)46-17-23(54)15-25(47-43(67)70-44(4,5)6)36(60)48-31(21(3)53)40(64)51-19-24(55)16-26(51)37(61)49-32(38(62)50-33)29(58)13-22-8-9-27(56)30(14-22)71-74-73-72-68/h7-9,14,20-21,23-26,28-29,31-35,53-59,68H,1,10-13,15-19H2,2-6H3,(H,45,66)(H,46,63)(H,47,67)(H,48,60)(H,49,61)(H,50,62)/t20-,21+,23+,24+,25-,26-,28+,29+,31-,32-,33-,34-,35-/m0/s1. The average Bonchev–Trinajstić information content (AvgIpc) is 3.87. The van der Waals surface area contributed by atoms with Gasteiger partial charge in [-0.05, 0) is 51.8 Å². The lowest BCUT2D eigenvalue weighted by atomic mass is 9.98. The molecule has 1 aromatic rings. The van der Waals surface area contributed by atoms with Gasteiger partial charge in [-0.3, -0.25) is 28.8 Å². The molecule has 3 fully saturated rings. The van der Waals surface area contributed by atoms with Gasteiger partial charge in [-0.15, -0.1) is 0 Å². The van der Waals surface area contributed by atoms with Gasteiger partial charge in [-0.25, -0.2) is 14.8 Å². The zero-order valence-electron chi connectivity index (χ0n) is 41.1. The second kappa shape index (κ2) is 27.4. The minimum Gasteiger partial charge on any atom is -0.504 e. The second-order valence-corrected chi connectivity index (χ2v) is 19.3. The molecule has 414 valence electrons. The van der Waals surface area contributed by atoms with Crippen LogP contribution in [0.25, 0.3) is 0 Å². The minimum absolute atomic E-state index is 0.0627. The maximum absolute atomic E-state index is 14.7. The molecule has 0 saturated carbocycles. The molecule has 0 bridgehead atoms. The quantitative estimate of drug-likeness (QED) is 0.0262. The Labute approximate surface area is 428 Å². The molecule has 1 aromatic carbocycles. The van der Waals surface area contributed by atoms with E-state index in [4.69, 9.17) is 18.9 Å². The number of aromatic hydroxyl groups is 1. The molecule has 3 heterocycles. The maximum atomic E-state index is 14.7. The van der Waals surface area contributed by atoms with Crippen molar-refractivity contribution in [1.29, 1.82) is 0 Å². The zero-order chi connectivity index (χ0) is 55.2.